The van der Waals surface area contributed by atoms with Gasteiger partial charge in [0.05, 0.1) is 12.7 Å². The molecule has 5 nitrogen and oxygen atoms in total. The van der Waals surface area contributed by atoms with Gasteiger partial charge in [-0.25, -0.2) is 0 Å². The van der Waals surface area contributed by atoms with E-state index in [2.05, 4.69) is 21.2 Å². The van der Waals surface area contributed by atoms with Crippen molar-refractivity contribution in [3.05, 3.63) is 58.3 Å². The highest BCUT2D eigenvalue weighted by Crippen LogP contribution is 2.32. The minimum atomic E-state index is -0.0599. The third-order valence-electron chi connectivity index (χ3n) is 3.89. The van der Waals surface area contributed by atoms with Crippen LogP contribution in [0.2, 0.25) is 0 Å². The summed E-state index contributed by atoms with van der Waals surface area (Å²) in [6, 6.07) is 11.4. The SMILES string of the molecule is O=C(Cc1coc2ccc(Br)cc12)NCc1ccc2c(c1)OCO2. The Morgan fingerprint density at radius 2 is 2.00 bits per heavy atom. The lowest BCUT2D eigenvalue weighted by Crippen LogP contribution is -2.24. The number of amides is 1. The van der Waals surface area contributed by atoms with E-state index in [9.17, 15) is 4.79 Å². The Kier molecular flexibility index (Phi) is 3.90. The molecular weight excluding hydrogens is 374 g/mol. The van der Waals surface area contributed by atoms with E-state index in [0.717, 1.165) is 32.3 Å². The van der Waals surface area contributed by atoms with Gasteiger partial charge in [-0.3, -0.25) is 4.79 Å². The Balaban J connectivity index is 1.42. The van der Waals surface area contributed by atoms with Crippen LogP contribution in [0.5, 0.6) is 11.5 Å². The van der Waals surface area contributed by atoms with E-state index in [1.807, 2.05) is 36.4 Å². The van der Waals surface area contributed by atoms with E-state index in [4.69, 9.17) is 13.9 Å². The zero-order chi connectivity index (χ0) is 16.5. The lowest BCUT2D eigenvalue weighted by Gasteiger charge is -2.06. The van der Waals surface area contributed by atoms with Gasteiger partial charge in [0.1, 0.15) is 5.58 Å². The number of benzene rings is 2. The zero-order valence-corrected chi connectivity index (χ0v) is 14.3. The molecule has 0 unspecified atom stereocenters. The minimum absolute atomic E-state index is 0.0599. The second kappa shape index (κ2) is 6.20. The predicted octanol–water partition coefficient (Wildman–Crippen LogP) is 3.78. The molecule has 0 saturated heterocycles. The molecule has 0 radical (unpaired) electrons. The van der Waals surface area contributed by atoms with Crippen LogP contribution in [0.15, 0.2) is 51.6 Å². The molecule has 0 spiro atoms. The van der Waals surface area contributed by atoms with Crippen molar-refractivity contribution in [2.24, 2.45) is 0 Å². The molecule has 2 aromatic carbocycles. The molecule has 1 amide bonds. The van der Waals surface area contributed by atoms with E-state index in [1.165, 1.54) is 0 Å². The number of nitrogens with one attached hydrogen (secondary N) is 1. The van der Waals surface area contributed by atoms with Gasteiger partial charge in [0.15, 0.2) is 11.5 Å². The van der Waals surface area contributed by atoms with Gasteiger partial charge >= 0.3 is 0 Å². The number of hydrogen-bond donors (Lipinski definition) is 1. The van der Waals surface area contributed by atoms with Crippen molar-refractivity contribution in [1.29, 1.82) is 0 Å². The van der Waals surface area contributed by atoms with Crippen LogP contribution in [0.3, 0.4) is 0 Å². The summed E-state index contributed by atoms with van der Waals surface area (Å²) in [5.74, 6) is 1.39. The average Bonchev–Trinajstić information content (AvgIpc) is 3.19. The fraction of sp³-hybridized carbons (Fsp3) is 0.167. The first-order valence-corrected chi connectivity index (χ1v) is 8.29. The highest BCUT2D eigenvalue weighted by molar-refractivity contribution is 9.10. The molecule has 24 heavy (non-hydrogen) atoms. The molecule has 2 heterocycles. The van der Waals surface area contributed by atoms with Gasteiger partial charge in [-0.05, 0) is 35.9 Å². The van der Waals surface area contributed by atoms with E-state index in [1.54, 1.807) is 6.26 Å². The summed E-state index contributed by atoms with van der Waals surface area (Å²) in [7, 11) is 0. The van der Waals surface area contributed by atoms with Crippen molar-refractivity contribution in [3.8, 4) is 11.5 Å². The van der Waals surface area contributed by atoms with Crippen LogP contribution in [-0.2, 0) is 17.8 Å². The third-order valence-corrected chi connectivity index (χ3v) is 4.39. The van der Waals surface area contributed by atoms with Crippen molar-refractivity contribution in [2.75, 3.05) is 6.79 Å². The maximum absolute atomic E-state index is 12.2. The molecule has 1 aliphatic heterocycles. The highest BCUT2D eigenvalue weighted by atomic mass is 79.9. The molecule has 1 N–H and O–H groups in total. The van der Waals surface area contributed by atoms with E-state index < -0.39 is 0 Å². The topological polar surface area (TPSA) is 60.7 Å². The number of carbonyl (C=O) groups excluding carboxylic acids is 1. The minimum Gasteiger partial charge on any atom is -0.464 e. The molecule has 3 aromatic rings. The number of halogens is 1. The first-order valence-electron chi connectivity index (χ1n) is 7.50. The highest BCUT2D eigenvalue weighted by Gasteiger charge is 2.14. The maximum Gasteiger partial charge on any atom is 0.231 e. The van der Waals surface area contributed by atoms with Gasteiger partial charge in [0.25, 0.3) is 0 Å². The van der Waals surface area contributed by atoms with Crippen LogP contribution in [-0.4, -0.2) is 12.7 Å². The quantitative estimate of drug-likeness (QED) is 0.739. The first-order chi connectivity index (χ1) is 11.7. The maximum atomic E-state index is 12.2. The number of ether oxygens (including phenoxy) is 2. The average molecular weight is 388 g/mol. The van der Waals surface area contributed by atoms with Gasteiger partial charge < -0.3 is 19.2 Å². The Morgan fingerprint density at radius 3 is 2.92 bits per heavy atom. The van der Waals surface area contributed by atoms with Gasteiger partial charge in [-0.1, -0.05) is 22.0 Å². The number of hydrogen-bond acceptors (Lipinski definition) is 4. The number of furan rings is 1. The monoisotopic (exact) mass is 387 g/mol. The lowest BCUT2D eigenvalue weighted by atomic mass is 10.1. The summed E-state index contributed by atoms with van der Waals surface area (Å²) in [6.07, 6.45) is 1.91. The van der Waals surface area contributed by atoms with E-state index in [-0.39, 0.29) is 19.1 Å². The molecule has 0 aliphatic carbocycles. The Bertz CT molecular complexity index is 919. The van der Waals surface area contributed by atoms with Crippen molar-refractivity contribution in [3.63, 3.8) is 0 Å². The molecule has 0 saturated carbocycles. The molecule has 122 valence electrons. The van der Waals surface area contributed by atoms with Crippen LogP contribution >= 0.6 is 15.9 Å². The molecular formula is C18H14BrNO4. The van der Waals surface area contributed by atoms with Crippen molar-refractivity contribution < 1.29 is 18.7 Å². The predicted molar refractivity (Wildman–Crippen MR) is 92.0 cm³/mol. The molecule has 0 atom stereocenters. The van der Waals surface area contributed by atoms with Crippen LogP contribution in [0.4, 0.5) is 0 Å². The summed E-state index contributed by atoms with van der Waals surface area (Å²) in [6.45, 7) is 0.684. The number of fused-ring (bicyclic) bond motifs is 2. The Morgan fingerprint density at radius 1 is 1.12 bits per heavy atom. The molecule has 6 heteroatoms. The van der Waals surface area contributed by atoms with E-state index >= 15 is 0 Å². The first kappa shape index (κ1) is 15.1. The fourth-order valence-corrected chi connectivity index (χ4v) is 3.04. The van der Waals surface area contributed by atoms with Gasteiger partial charge in [0, 0.05) is 22.0 Å². The summed E-state index contributed by atoms with van der Waals surface area (Å²) in [4.78, 5) is 12.2. The Labute approximate surface area is 146 Å². The van der Waals surface area contributed by atoms with Crippen LogP contribution in [0.1, 0.15) is 11.1 Å². The van der Waals surface area contributed by atoms with Crippen molar-refractivity contribution in [1.82, 2.24) is 5.32 Å². The van der Waals surface area contributed by atoms with Gasteiger partial charge in [-0.2, -0.15) is 0 Å². The van der Waals surface area contributed by atoms with Gasteiger partial charge in [-0.15, -0.1) is 0 Å². The lowest BCUT2D eigenvalue weighted by molar-refractivity contribution is -0.120. The fourth-order valence-electron chi connectivity index (χ4n) is 2.68. The van der Waals surface area contributed by atoms with E-state index in [0.29, 0.717) is 12.3 Å². The smallest absolute Gasteiger partial charge is 0.231 e. The molecule has 4 rings (SSSR count). The summed E-state index contributed by atoms with van der Waals surface area (Å²) >= 11 is 3.44. The summed E-state index contributed by atoms with van der Waals surface area (Å²) in [5.41, 5.74) is 2.61. The van der Waals surface area contributed by atoms with Crippen LogP contribution in [0, 0.1) is 0 Å². The molecule has 0 bridgehead atoms. The normalized spacial score (nSPS) is 12.5. The third kappa shape index (κ3) is 2.97. The largest absolute Gasteiger partial charge is 0.464 e. The van der Waals surface area contributed by atoms with Crippen LogP contribution in [0.25, 0.3) is 11.0 Å². The number of rotatable bonds is 4. The summed E-state index contributed by atoms with van der Waals surface area (Å²) in [5, 5.41) is 3.87. The second-order valence-corrected chi connectivity index (χ2v) is 6.46. The van der Waals surface area contributed by atoms with Gasteiger partial charge in [0.2, 0.25) is 12.7 Å². The zero-order valence-electron chi connectivity index (χ0n) is 12.7. The van der Waals surface area contributed by atoms with Crippen molar-refractivity contribution >= 4 is 32.8 Å². The molecule has 1 aliphatic rings. The second-order valence-electron chi connectivity index (χ2n) is 5.54. The molecule has 0 fully saturated rings. The Hall–Kier alpha value is -2.47. The molecule has 1 aromatic heterocycles. The number of carbonyl (C=O) groups is 1. The van der Waals surface area contributed by atoms with Crippen molar-refractivity contribution in [2.45, 2.75) is 13.0 Å². The van der Waals surface area contributed by atoms with Crippen LogP contribution < -0.4 is 14.8 Å². The standard InChI is InChI=1S/C18H14BrNO4/c19-13-2-4-15-14(7-13)12(9-22-15)6-18(21)20-8-11-1-3-16-17(5-11)24-10-23-16/h1-5,7,9H,6,8,10H2,(H,20,21). The summed E-state index contributed by atoms with van der Waals surface area (Å²) < 4.78 is 17.1.